The number of carbonyl (C=O) groups excluding carboxylic acids is 1. The maximum atomic E-state index is 12.2. The lowest BCUT2D eigenvalue weighted by atomic mass is 9.97. The average Bonchev–Trinajstić information content (AvgIpc) is 2.80. The second-order valence-corrected chi connectivity index (χ2v) is 5.18. The fraction of sp³-hybridized carbons (Fsp3) is 0.429. The van der Waals surface area contributed by atoms with Gasteiger partial charge in [-0.25, -0.2) is 0 Å². The summed E-state index contributed by atoms with van der Waals surface area (Å²) in [4.78, 5) is 16.8. The van der Waals surface area contributed by atoms with Gasteiger partial charge in [-0.2, -0.15) is 0 Å². The van der Waals surface area contributed by atoms with Crippen LogP contribution in [0.4, 0.5) is 5.69 Å². The average molecular weight is 243 g/mol. The Morgan fingerprint density at radius 3 is 2.94 bits per heavy atom. The van der Waals surface area contributed by atoms with Crippen LogP contribution >= 0.6 is 0 Å². The van der Waals surface area contributed by atoms with Gasteiger partial charge >= 0.3 is 0 Å². The van der Waals surface area contributed by atoms with Crippen LogP contribution in [-0.2, 0) is 17.6 Å². The van der Waals surface area contributed by atoms with E-state index in [2.05, 4.69) is 17.2 Å². The summed E-state index contributed by atoms with van der Waals surface area (Å²) in [6, 6.07) is 5.87. The number of carbonyl (C=O) groups is 1. The first-order valence-electron chi connectivity index (χ1n) is 6.40. The third kappa shape index (κ3) is 1.60. The minimum atomic E-state index is -0.597. The van der Waals surface area contributed by atoms with Gasteiger partial charge in [0.05, 0.1) is 0 Å². The van der Waals surface area contributed by atoms with Crippen LogP contribution in [0.3, 0.4) is 0 Å². The fourth-order valence-electron chi connectivity index (χ4n) is 2.85. The number of aliphatic imine (C=N–C) groups is 1. The van der Waals surface area contributed by atoms with Crippen LogP contribution in [0.2, 0.25) is 0 Å². The molecule has 0 radical (unpaired) electrons. The molecule has 0 aromatic heterocycles. The van der Waals surface area contributed by atoms with Gasteiger partial charge in [0.25, 0.3) is 5.91 Å². The minimum absolute atomic E-state index is 0.0423. The van der Waals surface area contributed by atoms with E-state index in [0.717, 1.165) is 29.9 Å². The Labute approximate surface area is 106 Å². The van der Waals surface area contributed by atoms with Gasteiger partial charge in [-0.05, 0) is 29.7 Å². The lowest BCUT2D eigenvalue weighted by molar-refractivity contribution is -0.123. The molecule has 94 valence electrons. The van der Waals surface area contributed by atoms with Crippen LogP contribution in [-0.4, -0.2) is 17.3 Å². The van der Waals surface area contributed by atoms with Crippen LogP contribution in [0, 0.1) is 0 Å². The zero-order valence-corrected chi connectivity index (χ0v) is 10.5. The molecule has 4 heteroatoms. The molecule has 0 saturated carbocycles. The molecule has 1 unspecified atom stereocenters. The Kier molecular flexibility index (Phi) is 2.40. The van der Waals surface area contributed by atoms with Gasteiger partial charge in [0.1, 0.15) is 11.4 Å². The number of amidine groups is 1. The molecule has 1 aliphatic heterocycles. The van der Waals surface area contributed by atoms with Gasteiger partial charge < -0.3 is 11.1 Å². The molecular formula is C14H17N3O. The highest BCUT2D eigenvalue weighted by atomic mass is 16.2. The van der Waals surface area contributed by atoms with Crippen molar-refractivity contribution >= 4 is 17.4 Å². The lowest BCUT2D eigenvalue weighted by Gasteiger charge is -2.14. The van der Waals surface area contributed by atoms with Crippen molar-refractivity contribution in [2.45, 2.75) is 38.1 Å². The predicted molar refractivity (Wildman–Crippen MR) is 71.5 cm³/mol. The lowest BCUT2D eigenvalue weighted by Crippen LogP contribution is -2.40. The van der Waals surface area contributed by atoms with Gasteiger partial charge in [0.15, 0.2) is 0 Å². The van der Waals surface area contributed by atoms with Crippen LogP contribution in [0.1, 0.15) is 30.9 Å². The van der Waals surface area contributed by atoms with Crippen molar-refractivity contribution in [1.82, 2.24) is 5.32 Å². The summed E-state index contributed by atoms with van der Waals surface area (Å²) in [5.74, 6) is 0.879. The van der Waals surface area contributed by atoms with E-state index in [1.165, 1.54) is 5.56 Å². The summed E-state index contributed by atoms with van der Waals surface area (Å²) in [6.45, 7) is 2.09. The second-order valence-electron chi connectivity index (χ2n) is 5.18. The monoisotopic (exact) mass is 243 g/mol. The summed E-state index contributed by atoms with van der Waals surface area (Å²) in [5.41, 5.74) is 8.30. The van der Waals surface area contributed by atoms with Gasteiger partial charge in [-0.15, -0.1) is 0 Å². The van der Waals surface area contributed by atoms with E-state index in [1.54, 1.807) is 0 Å². The molecule has 3 N–H and O–H groups in total. The van der Waals surface area contributed by atoms with Crippen LogP contribution < -0.4 is 11.1 Å². The molecule has 1 aliphatic carbocycles. The largest absolute Gasteiger partial charge is 0.399 e. The topological polar surface area (TPSA) is 67.5 Å². The standard InChI is InChI=1S/C14H17N3O/c1-2-3-12-16-13(18)14(17-12)7-9-4-5-11(15)6-10(9)8-14/h4-6H,2-3,7-8,15H2,1H3,(H,16,17,18). The Morgan fingerprint density at radius 1 is 1.39 bits per heavy atom. The molecule has 2 aliphatic rings. The van der Waals surface area contributed by atoms with E-state index < -0.39 is 5.54 Å². The Bertz CT molecular complexity index is 550. The maximum absolute atomic E-state index is 12.2. The summed E-state index contributed by atoms with van der Waals surface area (Å²) >= 11 is 0. The van der Waals surface area contributed by atoms with Gasteiger partial charge in [0, 0.05) is 24.9 Å². The van der Waals surface area contributed by atoms with Crippen molar-refractivity contribution in [2.24, 2.45) is 4.99 Å². The van der Waals surface area contributed by atoms with Gasteiger partial charge in [-0.1, -0.05) is 13.0 Å². The van der Waals surface area contributed by atoms with Crippen molar-refractivity contribution in [2.75, 3.05) is 5.73 Å². The molecular weight excluding hydrogens is 226 g/mol. The number of hydrogen-bond donors (Lipinski definition) is 2. The number of anilines is 1. The van der Waals surface area contributed by atoms with E-state index in [9.17, 15) is 4.79 Å². The Hall–Kier alpha value is -1.84. The minimum Gasteiger partial charge on any atom is -0.399 e. The smallest absolute Gasteiger partial charge is 0.253 e. The van der Waals surface area contributed by atoms with Crippen molar-refractivity contribution in [3.05, 3.63) is 29.3 Å². The first kappa shape index (κ1) is 11.3. The number of benzene rings is 1. The number of nitrogens with zero attached hydrogens (tertiary/aromatic N) is 1. The fourth-order valence-corrected chi connectivity index (χ4v) is 2.85. The first-order valence-corrected chi connectivity index (χ1v) is 6.40. The number of nitrogen functional groups attached to an aromatic ring is 1. The van der Waals surface area contributed by atoms with Crippen molar-refractivity contribution < 1.29 is 4.79 Å². The SMILES string of the molecule is CCCC1=NC2(Cc3ccc(N)cc3C2)C(=O)N1. The third-order valence-electron chi connectivity index (χ3n) is 3.71. The predicted octanol–water partition coefficient (Wildman–Crippen LogP) is 1.43. The zero-order valence-electron chi connectivity index (χ0n) is 10.5. The van der Waals surface area contributed by atoms with Crippen LogP contribution in [0.5, 0.6) is 0 Å². The zero-order chi connectivity index (χ0) is 12.8. The first-order chi connectivity index (χ1) is 8.63. The Balaban J connectivity index is 1.94. The highest BCUT2D eigenvalue weighted by molar-refractivity contribution is 6.08. The highest BCUT2D eigenvalue weighted by Crippen LogP contribution is 2.36. The molecule has 1 atom stereocenters. The molecule has 1 aromatic carbocycles. The van der Waals surface area contributed by atoms with Crippen LogP contribution in [0.15, 0.2) is 23.2 Å². The number of nitrogens with two attached hydrogens (primary N) is 1. The molecule has 0 bridgehead atoms. The number of hydrogen-bond acceptors (Lipinski definition) is 3. The number of fused-ring (bicyclic) bond motifs is 1. The van der Waals surface area contributed by atoms with E-state index in [0.29, 0.717) is 12.8 Å². The number of amides is 1. The molecule has 1 aromatic rings. The molecule has 1 heterocycles. The summed E-state index contributed by atoms with van der Waals surface area (Å²) in [5, 5.41) is 2.92. The molecule has 0 fully saturated rings. The normalized spacial score (nSPS) is 25.2. The van der Waals surface area contributed by atoms with E-state index >= 15 is 0 Å². The molecule has 1 amide bonds. The molecule has 4 nitrogen and oxygen atoms in total. The number of nitrogens with one attached hydrogen (secondary N) is 1. The van der Waals surface area contributed by atoms with E-state index in [1.807, 2.05) is 18.2 Å². The summed E-state index contributed by atoms with van der Waals surface area (Å²) < 4.78 is 0. The number of rotatable bonds is 2. The van der Waals surface area contributed by atoms with E-state index in [-0.39, 0.29) is 5.91 Å². The summed E-state index contributed by atoms with van der Waals surface area (Å²) in [7, 11) is 0. The quantitative estimate of drug-likeness (QED) is 0.772. The van der Waals surface area contributed by atoms with Gasteiger partial charge in [0.2, 0.25) is 0 Å². The molecule has 0 saturated heterocycles. The molecule has 1 spiro atoms. The Morgan fingerprint density at radius 2 is 2.17 bits per heavy atom. The maximum Gasteiger partial charge on any atom is 0.253 e. The van der Waals surface area contributed by atoms with Crippen LogP contribution in [0.25, 0.3) is 0 Å². The van der Waals surface area contributed by atoms with Crippen molar-refractivity contribution in [3.63, 3.8) is 0 Å². The molecule has 18 heavy (non-hydrogen) atoms. The highest BCUT2D eigenvalue weighted by Gasteiger charge is 2.47. The van der Waals surface area contributed by atoms with E-state index in [4.69, 9.17) is 5.73 Å². The van der Waals surface area contributed by atoms with Crippen molar-refractivity contribution in [1.29, 1.82) is 0 Å². The van der Waals surface area contributed by atoms with Crippen molar-refractivity contribution in [3.8, 4) is 0 Å². The summed E-state index contributed by atoms with van der Waals surface area (Å²) in [6.07, 6.45) is 3.20. The second kappa shape index (κ2) is 3.83. The van der Waals surface area contributed by atoms with Gasteiger partial charge in [-0.3, -0.25) is 9.79 Å². The molecule has 3 rings (SSSR count). The third-order valence-corrected chi connectivity index (χ3v) is 3.71.